The fraction of sp³-hybridized carbons (Fsp3) is 0.567. The molecule has 1 unspecified atom stereocenters. The Hall–Kier alpha value is -2.77. The molecule has 1 aromatic carbocycles. The van der Waals surface area contributed by atoms with E-state index in [1.54, 1.807) is 6.20 Å². The Bertz CT molecular complexity index is 1180. The first-order chi connectivity index (χ1) is 18.2. The second-order valence-electron chi connectivity index (χ2n) is 11.4. The van der Waals surface area contributed by atoms with Crippen LogP contribution in [0.5, 0.6) is 0 Å². The smallest absolute Gasteiger partial charge is 0.321 e. The van der Waals surface area contributed by atoms with Gasteiger partial charge in [-0.05, 0) is 55.2 Å². The third-order valence-electron chi connectivity index (χ3n) is 9.23. The Balaban J connectivity index is 1.15. The SMILES string of the molecule is O=C(O)[C@@H](C1CCCCC1)N1CC(CN2CCC(n3cnc4ncccc43)CC2)[C@@H](c2ccccc2)C1. The monoisotopic (exact) mass is 501 g/mol. The molecular weight excluding hydrogens is 462 g/mol. The minimum absolute atomic E-state index is 0.289. The fourth-order valence-electron chi connectivity index (χ4n) is 7.37. The van der Waals surface area contributed by atoms with Gasteiger partial charge in [-0.2, -0.15) is 0 Å². The molecule has 3 fully saturated rings. The van der Waals surface area contributed by atoms with E-state index < -0.39 is 5.97 Å². The van der Waals surface area contributed by atoms with Gasteiger partial charge in [-0.15, -0.1) is 0 Å². The first-order valence-electron chi connectivity index (χ1n) is 14.2. The zero-order valence-electron chi connectivity index (χ0n) is 21.7. The van der Waals surface area contributed by atoms with Crippen molar-refractivity contribution < 1.29 is 9.90 Å². The van der Waals surface area contributed by atoms with Crippen LogP contribution in [-0.4, -0.2) is 74.2 Å². The number of aliphatic carboxylic acids is 1. The molecule has 3 atom stereocenters. The van der Waals surface area contributed by atoms with Crippen LogP contribution in [0.2, 0.25) is 0 Å². The topological polar surface area (TPSA) is 74.5 Å². The quantitative estimate of drug-likeness (QED) is 0.501. The van der Waals surface area contributed by atoms with Gasteiger partial charge in [-0.3, -0.25) is 9.69 Å². The maximum Gasteiger partial charge on any atom is 0.321 e. The summed E-state index contributed by atoms with van der Waals surface area (Å²) < 4.78 is 2.31. The van der Waals surface area contributed by atoms with Gasteiger partial charge in [0.05, 0.1) is 11.8 Å². The van der Waals surface area contributed by atoms with Crippen LogP contribution in [0.4, 0.5) is 0 Å². The summed E-state index contributed by atoms with van der Waals surface area (Å²) in [6.45, 7) is 4.89. The van der Waals surface area contributed by atoms with Gasteiger partial charge in [0.1, 0.15) is 6.04 Å². The van der Waals surface area contributed by atoms with E-state index in [0.717, 1.165) is 69.6 Å². The highest BCUT2D eigenvalue weighted by molar-refractivity contribution is 5.74. The molecule has 0 amide bonds. The summed E-state index contributed by atoms with van der Waals surface area (Å²) in [5, 5.41) is 10.3. The van der Waals surface area contributed by atoms with E-state index in [9.17, 15) is 9.90 Å². The number of aromatic nitrogens is 3. The van der Waals surface area contributed by atoms with Crippen LogP contribution >= 0.6 is 0 Å². The number of piperidine rings is 1. The molecule has 196 valence electrons. The summed E-state index contributed by atoms with van der Waals surface area (Å²) in [6.07, 6.45) is 11.7. The molecule has 2 aromatic heterocycles. The van der Waals surface area contributed by atoms with Crippen LogP contribution in [0.1, 0.15) is 62.5 Å². The normalized spacial score (nSPS) is 25.5. The summed E-state index contributed by atoms with van der Waals surface area (Å²) in [4.78, 5) is 26.4. The summed E-state index contributed by atoms with van der Waals surface area (Å²) >= 11 is 0. The van der Waals surface area contributed by atoms with Crippen LogP contribution in [-0.2, 0) is 4.79 Å². The number of imidazole rings is 1. The van der Waals surface area contributed by atoms with Gasteiger partial charge in [0.15, 0.2) is 5.65 Å². The molecule has 3 aliphatic rings. The molecule has 1 aliphatic carbocycles. The van der Waals surface area contributed by atoms with Crippen molar-refractivity contribution in [1.29, 1.82) is 0 Å². The largest absolute Gasteiger partial charge is 0.480 e. The van der Waals surface area contributed by atoms with Crippen LogP contribution in [0.3, 0.4) is 0 Å². The number of carboxylic acid groups (broad SMARTS) is 1. The number of carbonyl (C=O) groups is 1. The van der Waals surface area contributed by atoms with E-state index in [1.165, 1.54) is 24.8 Å². The highest BCUT2D eigenvalue weighted by atomic mass is 16.4. The summed E-state index contributed by atoms with van der Waals surface area (Å²) in [5.74, 6) is 0.495. The van der Waals surface area contributed by atoms with Gasteiger partial charge >= 0.3 is 5.97 Å². The van der Waals surface area contributed by atoms with Gasteiger partial charge in [-0.1, -0.05) is 49.6 Å². The third kappa shape index (κ3) is 5.16. The Labute approximate surface area is 219 Å². The zero-order chi connectivity index (χ0) is 25.2. The van der Waals surface area contributed by atoms with Gasteiger partial charge in [0.25, 0.3) is 0 Å². The number of rotatable bonds is 7. The number of hydrogen-bond acceptors (Lipinski definition) is 5. The lowest BCUT2D eigenvalue weighted by Gasteiger charge is -2.36. The number of hydrogen-bond donors (Lipinski definition) is 1. The predicted octanol–water partition coefficient (Wildman–Crippen LogP) is 4.82. The highest BCUT2D eigenvalue weighted by Crippen LogP contribution is 2.39. The van der Waals surface area contributed by atoms with E-state index >= 15 is 0 Å². The molecule has 7 heteroatoms. The molecule has 6 rings (SSSR count). The lowest BCUT2D eigenvalue weighted by molar-refractivity contribution is -0.145. The third-order valence-corrected chi connectivity index (χ3v) is 9.23. The molecule has 1 N–H and O–H groups in total. The van der Waals surface area contributed by atoms with Crippen molar-refractivity contribution >= 4 is 17.1 Å². The number of benzene rings is 1. The average Bonchev–Trinajstić information content (AvgIpc) is 3.55. The molecule has 0 spiro atoms. The molecule has 0 radical (unpaired) electrons. The zero-order valence-corrected chi connectivity index (χ0v) is 21.7. The van der Waals surface area contributed by atoms with E-state index in [0.29, 0.717) is 17.9 Å². The molecule has 3 aromatic rings. The first kappa shape index (κ1) is 24.6. The van der Waals surface area contributed by atoms with Crippen molar-refractivity contribution in [2.75, 3.05) is 32.7 Å². The summed E-state index contributed by atoms with van der Waals surface area (Å²) in [5.41, 5.74) is 3.31. The number of nitrogens with zero attached hydrogens (tertiary/aromatic N) is 5. The van der Waals surface area contributed by atoms with E-state index in [-0.39, 0.29) is 12.0 Å². The lowest BCUT2D eigenvalue weighted by Crippen LogP contribution is -2.46. The van der Waals surface area contributed by atoms with Crippen molar-refractivity contribution in [3.05, 3.63) is 60.6 Å². The standard InChI is InChI=1S/C30H39N5O2/c36-30(37)28(23-10-5-2-6-11-23)34-19-24(26(20-34)22-8-3-1-4-9-22)18-33-16-13-25(14-17-33)35-21-32-29-27(35)12-7-15-31-29/h1,3-4,7-9,12,15,21,23-26,28H,2,5-6,10-11,13-14,16-20H2,(H,36,37)/t24?,26-,28-/m1/s1. The number of likely N-dealkylation sites (tertiary alicyclic amines) is 2. The average molecular weight is 502 g/mol. The molecule has 2 saturated heterocycles. The summed E-state index contributed by atoms with van der Waals surface area (Å²) in [6, 6.07) is 15.0. The van der Waals surface area contributed by atoms with Gasteiger partial charge in [0, 0.05) is 50.9 Å². The number of pyridine rings is 1. The predicted molar refractivity (Wildman–Crippen MR) is 144 cm³/mol. The van der Waals surface area contributed by atoms with Crippen LogP contribution in [0, 0.1) is 11.8 Å². The van der Waals surface area contributed by atoms with Gasteiger partial charge in [0.2, 0.25) is 0 Å². The van der Waals surface area contributed by atoms with Crippen molar-refractivity contribution in [1.82, 2.24) is 24.3 Å². The number of carboxylic acids is 1. The van der Waals surface area contributed by atoms with E-state index in [1.807, 2.05) is 12.4 Å². The molecule has 37 heavy (non-hydrogen) atoms. The van der Waals surface area contributed by atoms with E-state index in [4.69, 9.17) is 0 Å². The second-order valence-corrected chi connectivity index (χ2v) is 11.4. The first-order valence-corrected chi connectivity index (χ1v) is 14.2. The Morgan fingerprint density at radius 1 is 0.946 bits per heavy atom. The minimum Gasteiger partial charge on any atom is -0.480 e. The number of fused-ring (bicyclic) bond motifs is 1. The van der Waals surface area contributed by atoms with Crippen molar-refractivity contribution in [3.8, 4) is 0 Å². The van der Waals surface area contributed by atoms with E-state index in [2.05, 4.69) is 60.7 Å². The maximum absolute atomic E-state index is 12.5. The molecule has 4 heterocycles. The van der Waals surface area contributed by atoms with Crippen LogP contribution in [0.25, 0.3) is 11.2 Å². The highest BCUT2D eigenvalue weighted by Gasteiger charge is 2.43. The Kier molecular flexibility index (Phi) is 7.25. The second kappa shape index (κ2) is 10.9. The lowest BCUT2D eigenvalue weighted by atomic mass is 9.83. The molecule has 0 bridgehead atoms. The minimum atomic E-state index is -0.623. The van der Waals surface area contributed by atoms with Crippen LogP contribution in [0.15, 0.2) is 55.0 Å². The Morgan fingerprint density at radius 3 is 2.49 bits per heavy atom. The summed E-state index contributed by atoms with van der Waals surface area (Å²) in [7, 11) is 0. The van der Waals surface area contributed by atoms with Crippen molar-refractivity contribution in [2.45, 2.75) is 62.9 Å². The van der Waals surface area contributed by atoms with Crippen molar-refractivity contribution in [3.63, 3.8) is 0 Å². The fourth-order valence-corrected chi connectivity index (χ4v) is 7.37. The molecule has 7 nitrogen and oxygen atoms in total. The van der Waals surface area contributed by atoms with Gasteiger partial charge in [-0.25, -0.2) is 9.97 Å². The molecular formula is C30H39N5O2. The molecule has 2 aliphatic heterocycles. The molecule has 1 saturated carbocycles. The maximum atomic E-state index is 12.5. The van der Waals surface area contributed by atoms with Crippen molar-refractivity contribution in [2.24, 2.45) is 11.8 Å². The Morgan fingerprint density at radius 2 is 1.73 bits per heavy atom. The van der Waals surface area contributed by atoms with Crippen LogP contribution < -0.4 is 0 Å². The van der Waals surface area contributed by atoms with Gasteiger partial charge < -0.3 is 14.6 Å².